The second kappa shape index (κ2) is 10.6. The minimum Gasteiger partial charge on any atom is -0.456 e. The van der Waals surface area contributed by atoms with E-state index in [1.807, 2.05) is 67.3 Å². The van der Waals surface area contributed by atoms with Gasteiger partial charge in [0.05, 0.1) is 11.3 Å². The van der Waals surface area contributed by atoms with E-state index < -0.39 is 6.04 Å². The monoisotopic (exact) mass is 628 g/mol. The molecule has 6 heteroatoms. The Morgan fingerprint density at radius 3 is 1.24 bits per heavy atom. The smallest absolute Gasteiger partial charge is 0.140 e. The molecule has 5 aromatic carbocycles. The lowest BCUT2D eigenvalue weighted by Gasteiger charge is -2.37. The first-order valence-corrected chi connectivity index (χ1v) is 17.9. The highest BCUT2D eigenvalue weighted by Crippen LogP contribution is 2.59. The van der Waals surface area contributed by atoms with E-state index in [4.69, 9.17) is 21.3 Å². The van der Waals surface area contributed by atoms with Gasteiger partial charge >= 0.3 is 0 Å². The van der Waals surface area contributed by atoms with Crippen molar-refractivity contribution in [1.82, 2.24) is 9.97 Å². The first kappa shape index (κ1) is 27.0. The third-order valence-electron chi connectivity index (χ3n) is 8.73. The summed E-state index contributed by atoms with van der Waals surface area (Å²) in [5, 5.41) is 3.07. The van der Waals surface area contributed by atoms with E-state index in [1.54, 1.807) is 0 Å². The van der Waals surface area contributed by atoms with Gasteiger partial charge in [0.1, 0.15) is 23.0 Å². The Balaban J connectivity index is 1.21. The topological polar surface area (TPSA) is 44.2 Å². The lowest BCUT2D eigenvalue weighted by atomic mass is 9.99. The maximum atomic E-state index is 6.92. The molecule has 46 heavy (non-hydrogen) atoms. The van der Waals surface area contributed by atoms with E-state index in [-0.39, 0.29) is 0 Å². The third-order valence-corrected chi connectivity index (χ3v) is 13.6. The molecule has 0 spiro atoms. The number of hydrogen-bond acceptors (Lipinski definition) is 5. The van der Waals surface area contributed by atoms with Gasteiger partial charge in [-0.3, -0.25) is 9.97 Å². The quantitative estimate of drug-likeness (QED) is 0.182. The summed E-state index contributed by atoms with van der Waals surface area (Å²) in [6.07, 6.45) is 7.30. The van der Waals surface area contributed by atoms with Gasteiger partial charge in [-0.05, 0) is 117 Å². The van der Waals surface area contributed by atoms with E-state index in [1.165, 1.54) is 0 Å². The summed E-state index contributed by atoms with van der Waals surface area (Å²) in [6, 6.07) is 41.6. The molecule has 0 amide bonds. The molecule has 0 saturated carbocycles. The van der Waals surface area contributed by atoms with Crippen molar-refractivity contribution in [3.63, 3.8) is 0 Å². The first-order chi connectivity index (χ1) is 22.6. The van der Waals surface area contributed by atoms with Gasteiger partial charge in [-0.1, -0.05) is 66.4 Å². The number of benzene rings is 5. The Labute approximate surface area is 272 Å². The second-order valence-corrected chi connectivity index (χ2v) is 15.7. The Kier molecular flexibility index (Phi) is 6.24. The summed E-state index contributed by atoms with van der Waals surface area (Å²) in [7, 11) is 0. The number of ether oxygens (including phenoxy) is 2. The van der Waals surface area contributed by atoms with E-state index in [0.29, 0.717) is 0 Å². The van der Waals surface area contributed by atoms with Crippen molar-refractivity contribution in [3.8, 4) is 67.5 Å². The predicted octanol–water partition coefficient (Wildman–Crippen LogP) is 9.11. The average molecular weight is 629 g/mol. The lowest BCUT2D eigenvalue weighted by molar-refractivity contribution is 0.466. The van der Waals surface area contributed by atoms with Gasteiger partial charge < -0.3 is 9.47 Å². The molecule has 0 unspecified atom stereocenters. The highest BCUT2D eigenvalue weighted by molar-refractivity contribution is 8.26. The van der Waals surface area contributed by atoms with Crippen LogP contribution in [0.5, 0.6) is 23.0 Å². The molecule has 0 fully saturated rings. The van der Waals surface area contributed by atoms with Crippen LogP contribution in [0.4, 0.5) is 0 Å². The highest BCUT2D eigenvalue weighted by atomic mass is 32.4. The summed E-state index contributed by atoms with van der Waals surface area (Å²) in [5.74, 6) is 3.16. The van der Waals surface area contributed by atoms with Crippen LogP contribution in [-0.4, -0.2) is 9.97 Å². The van der Waals surface area contributed by atoms with Gasteiger partial charge in [0, 0.05) is 35.4 Å². The molecule has 0 aliphatic carbocycles. The molecular formula is C40H25N2O2PS. The minimum atomic E-state index is -2.58. The van der Waals surface area contributed by atoms with Gasteiger partial charge in [-0.15, -0.1) is 0 Å². The van der Waals surface area contributed by atoms with E-state index in [2.05, 4.69) is 94.9 Å². The van der Waals surface area contributed by atoms with Crippen molar-refractivity contribution < 1.29 is 9.47 Å². The Morgan fingerprint density at radius 2 is 0.783 bits per heavy atom. The minimum absolute atomic E-state index is 0.775. The Hall–Kier alpha value is -5.35. The summed E-state index contributed by atoms with van der Waals surface area (Å²) >= 11 is 6.92. The molecule has 0 radical (unpaired) electrons. The van der Waals surface area contributed by atoms with E-state index >= 15 is 0 Å². The molecule has 7 aromatic rings. The normalized spacial score (nSPS) is 13.4. The zero-order valence-electron chi connectivity index (χ0n) is 24.5. The van der Waals surface area contributed by atoms with Crippen LogP contribution in [0, 0.1) is 0 Å². The fourth-order valence-electron chi connectivity index (χ4n) is 6.49. The van der Waals surface area contributed by atoms with Crippen molar-refractivity contribution in [3.05, 3.63) is 152 Å². The number of rotatable bonds is 4. The van der Waals surface area contributed by atoms with Crippen LogP contribution in [0.15, 0.2) is 152 Å². The number of hydrogen-bond donors (Lipinski definition) is 0. The van der Waals surface area contributed by atoms with Crippen LogP contribution < -0.4 is 25.4 Å². The first-order valence-electron chi connectivity index (χ1n) is 15.1. The van der Waals surface area contributed by atoms with Gasteiger partial charge in [0.2, 0.25) is 0 Å². The summed E-state index contributed by atoms with van der Waals surface area (Å²) in [6.45, 7) is 0. The van der Waals surface area contributed by atoms with Crippen LogP contribution in [0.25, 0.3) is 44.5 Å². The third kappa shape index (κ3) is 4.32. The molecule has 0 N–H and O–H groups in total. The molecule has 0 bridgehead atoms. The Bertz CT molecular complexity index is 2200. The SMILES string of the molecule is S=P12c3cc(-c4cccc(-c5ccncc5)c4)ccc3Oc3cccc(c31)Oc1ccc(-c3cccc(-c4ccncc4)c3)cc12. The van der Waals surface area contributed by atoms with Crippen LogP contribution >= 0.6 is 6.04 Å². The fraction of sp³-hybridized carbons (Fsp3) is 0. The van der Waals surface area contributed by atoms with Gasteiger partial charge in [0.25, 0.3) is 0 Å². The van der Waals surface area contributed by atoms with Gasteiger partial charge in [0.15, 0.2) is 0 Å². The second-order valence-electron chi connectivity index (χ2n) is 11.4. The molecule has 9 rings (SSSR count). The van der Waals surface area contributed by atoms with Gasteiger partial charge in [-0.2, -0.15) is 0 Å². The zero-order valence-corrected chi connectivity index (χ0v) is 26.2. The number of nitrogens with zero attached hydrogens (tertiary/aromatic N) is 2. The standard InChI is InChI=1S/C40H25N2O2PS/c46-45-38-24-32(30-6-1-4-28(22-30)26-14-18-41-19-15-26)10-12-34(38)43-36-8-3-9-37(40(36)45)44-35-13-11-33(25-39(35)45)31-7-2-5-29(23-31)27-16-20-42-21-17-27/h1-25H. The molecule has 4 heterocycles. The predicted molar refractivity (Wildman–Crippen MR) is 190 cm³/mol. The van der Waals surface area contributed by atoms with Crippen molar-refractivity contribution in [1.29, 1.82) is 0 Å². The van der Waals surface area contributed by atoms with Crippen molar-refractivity contribution in [2.45, 2.75) is 0 Å². The maximum Gasteiger partial charge on any atom is 0.140 e. The van der Waals surface area contributed by atoms with E-state index in [0.717, 1.165) is 83.4 Å². The van der Waals surface area contributed by atoms with Crippen LogP contribution in [0.1, 0.15) is 0 Å². The molecule has 2 aliphatic rings. The summed E-state index contributed by atoms with van der Waals surface area (Å²) in [5.41, 5.74) is 8.96. The van der Waals surface area contributed by atoms with Gasteiger partial charge in [-0.25, -0.2) is 0 Å². The number of pyridine rings is 2. The highest BCUT2D eigenvalue weighted by Gasteiger charge is 2.42. The number of aromatic nitrogens is 2. The maximum absolute atomic E-state index is 6.92. The van der Waals surface area contributed by atoms with Crippen LogP contribution in [-0.2, 0) is 11.8 Å². The fourth-order valence-corrected chi connectivity index (χ4v) is 11.0. The molecular weight excluding hydrogens is 603 g/mol. The molecule has 2 aliphatic heterocycles. The lowest BCUT2D eigenvalue weighted by Crippen LogP contribution is -2.35. The number of fused-ring (bicyclic) bond motifs is 4. The molecule has 2 aromatic heterocycles. The molecule has 218 valence electrons. The van der Waals surface area contributed by atoms with Crippen LogP contribution in [0.3, 0.4) is 0 Å². The average Bonchev–Trinajstić information content (AvgIpc) is 3.12. The zero-order chi connectivity index (χ0) is 30.7. The Morgan fingerprint density at radius 1 is 0.391 bits per heavy atom. The van der Waals surface area contributed by atoms with E-state index in [9.17, 15) is 0 Å². The summed E-state index contributed by atoms with van der Waals surface area (Å²) in [4.78, 5) is 8.37. The van der Waals surface area contributed by atoms with Crippen molar-refractivity contribution >= 4 is 33.8 Å². The van der Waals surface area contributed by atoms with Crippen molar-refractivity contribution in [2.75, 3.05) is 0 Å². The summed E-state index contributed by atoms with van der Waals surface area (Å²) < 4.78 is 13.1. The molecule has 0 saturated heterocycles. The molecule has 0 atom stereocenters. The van der Waals surface area contributed by atoms with Crippen LogP contribution in [0.2, 0.25) is 0 Å². The molecule has 4 nitrogen and oxygen atoms in total. The van der Waals surface area contributed by atoms with Crippen molar-refractivity contribution in [2.24, 2.45) is 0 Å². The largest absolute Gasteiger partial charge is 0.456 e.